The second-order valence-electron chi connectivity index (χ2n) is 4.26. The number of carbonyl (C=O) groups is 1. The summed E-state index contributed by atoms with van der Waals surface area (Å²) in [6, 6.07) is -0.0321. The number of aromatic nitrogens is 1. The molecule has 0 saturated heterocycles. The van der Waals surface area contributed by atoms with Crippen molar-refractivity contribution in [3.8, 4) is 0 Å². The van der Waals surface area contributed by atoms with Gasteiger partial charge in [0, 0.05) is 20.8 Å². The molecule has 1 aromatic heterocycles. The van der Waals surface area contributed by atoms with E-state index in [-0.39, 0.29) is 11.9 Å². The van der Waals surface area contributed by atoms with Crippen molar-refractivity contribution in [3.63, 3.8) is 0 Å². The van der Waals surface area contributed by atoms with E-state index in [2.05, 4.69) is 4.98 Å². The van der Waals surface area contributed by atoms with Crippen LogP contribution in [0.1, 0.15) is 22.3 Å². The highest BCUT2D eigenvalue weighted by molar-refractivity contribution is 7.17. The molecule has 1 rings (SSSR count). The van der Waals surface area contributed by atoms with Crippen molar-refractivity contribution < 1.29 is 14.3 Å². The minimum atomic E-state index is -0.0756. The predicted molar refractivity (Wildman–Crippen MR) is 75.5 cm³/mol. The Bertz CT molecular complexity index is 422. The van der Waals surface area contributed by atoms with Crippen LogP contribution >= 0.6 is 11.3 Å². The Kier molecular flexibility index (Phi) is 6.20. The van der Waals surface area contributed by atoms with Gasteiger partial charge in [-0.15, -0.1) is 0 Å². The molecule has 108 valence electrons. The zero-order valence-corrected chi connectivity index (χ0v) is 12.6. The molecule has 0 fully saturated rings. The second kappa shape index (κ2) is 7.42. The third-order valence-corrected chi connectivity index (χ3v) is 3.72. The number of rotatable bonds is 7. The lowest BCUT2D eigenvalue weighted by atomic mass is 10.2. The smallest absolute Gasteiger partial charge is 0.266 e. The number of methoxy groups -OCH3 is 2. The minimum absolute atomic E-state index is 0.0321. The van der Waals surface area contributed by atoms with Crippen LogP contribution in [0.25, 0.3) is 0 Å². The van der Waals surface area contributed by atoms with Crippen LogP contribution < -0.4 is 5.73 Å². The second-order valence-corrected chi connectivity index (χ2v) is 5.29. The van der Waals surface area contributed by atoms with Crippen LogP contribution in [0.4, 0.5) is 5.13 Å². The molecule has 19 heavy (non-hydrogen) atoms. The lowest BCUT2D eigenvalue weighted by Crippen LogP contribution is -2.43. The monoisotopic (exact) mass is 287 g/mol. The Morgan fingerprint density at radius 1 is 1.47 bits per heavy atom. The first-order valence-corrected chi connectivity index (χ1v) is 6.84. The zero-order valence-electron chi connectivity index (χ0n) is 11.8. The SMILES string of the molecule is COCCN(C(=O)c1sc(N)nc1C)C(C)COC. The number of carbonyl (C=O) groups excluding carboxylic acids is 1. The molecule has 0 aliphatic carbocycles. The molecule has 0 spiro atoms. The summed E-state index contributed by atoms with van der Waals surface area (Å²) in [5, 5.41) is 0.409. The van der Waals surface area contributed by atoms with Crippen molar-refractivity contribution in [2.45, 2.75) is 19.9 Å². The Hall–Kier alpha value is -1.18. The Balaban J connectivity index is 2.89. The number of nitrogens with zero attached hydrogens (tertiary/aromatic N) is 2. The van der Waals surface area contributed by atoms with Crippen LogP contribution in [0, 0.1) is 6.92 Å². The maximum Gasteiger partial charge on any atom is 0.266 e. The first-order valence-electron chi connectivity index (χ1n) is 6.03. The van der Waals surface area contributed by atoms with Gasteiger partial charge in [0.05, 0.1) is 24.9 Å². The summed E-state index contributed by atoms with van der Waals surface area (Å²) < 4.78 is 10.2. The maximum atomic E-state index is 12.5. The number of nitrogen functional groups attached to an aromatic ring is 1. The molecular weight excluding hydrogens is 266 g/mol. The number of hydrogen-bond donors (Lipinski definition) is 1. The highest BCUT2D eigenvalue weighted by Gasteiger charge is 2.24. The van der Waals surface area contributed by atoms with Gasteiger partial charge in [-0.05, 0) is 13.8 Å². The number of nitrogens with two attached hydrogens (primary N) is 1. The molecular formula is C12H21N3O3S. The van der Waals surface area contributed by atoms with E-state index in [1.165, 1.54) is 11.3 Å². The standard InChI is InChI=1S/C12H21N3O3S/c1-8(7-18-4)15(5-6-17-3)11(16)10-9(2)14-12(13)19-10/h8H,5-7H2,1-4H3,(H2,13,14). The molecule has 0 aliphatic heterocycles. The van der Waals surface area contributed by atoms with Gasteiger partial charge in [-0.3, -0.25) is 4.79 Å². The van der Waals surface area contributed by atoms with E-state index in [0.29, 0.717) is 35.5 Å². The van der Waals surface area contributed by atoms with Crippen molar-refractivity contribution in [2.24, 2.45) is 0 Å². The average molecular weight is 287 g/mol. The van der Waals surface area contributed by atoms with Crippen molar-refractivity contribution in [2.75, 3.05) is 39.7 Å². The maximum absolute atomic E-state index is 12.5. The van der Waals surface area contributed by atoms with Crippen LogP contribution in [-0.2, 0) is 9.47 Å². The van der Waals surface area contributed by atoms with E-state index < -0.39 is 0 Å². The van der Waals surface area contributed by atoms with Gasteiger partial charge in [-0.2, -0.15) is 0 Å². The Morgan fingerprint density at radius 2 is 2.16 bits per heavy atom. The summed E-state index contributed by atoms with van der Waals surface area (Å²) in [7, 11) is 3.23. The van der Waals surface area contributed by atoms with Crippen LogP contribution in [0.5, 0.6) is 0 Å². The summed E-state index contributed by atoms with van der Waals surface area (Å²) >= 11 is 1.21. The van der Waals surface area contributed by atoms with Crippen molar-refractivity contribution in [1.82, 2.24) is 9.88 Å². The number of anilines is 1. The molecule has 1 heterocycles. The molecule has 1 aromatic rings. The van der Waals surface area contributed by atoms with Crippen LogP contribution in [0.2, 0.25) is 0 Å². The molecule has 0 radical (unpaired) electrons. The third kappa shape index (κ3) is 4.15. The highest BCUT2D eigenvalue weighted by atomic mass is 32.1. The molecule has 1 amide bonds. The molecule has 7 heteroatoms. The summed E-state index contributed by atoms with van der Waals surface area (Å²) in [6.45, 7) is 5.19. The highest BCUT2D eigenvalue weighted by Crippen LogP contribution is 2.22. The molecule has 0 bridgehead atoms. The number of aryl methyl sites for hydroxylation is 1. The predicted octanol–water partition coefficient (Wildman–Crippen LogP) is 1.16. The Labute approximate surface area is 117 Å². The molecule has 2 N–H and O–H groups in total. The van der Waals surface area contributed by atoms with Crippen molar-refractivity contribution in [3.05, 3.63) is 10.6 Å². The van der Waals surface area contributed by atoms with Gasteiger partial charge in [-0.25, -0.2) is 4.98 Å². The van der Waals surface area contributed by atoms with Crippen molar-refractivity contribution >= 4 is 22.4 Å². The molecule has 6 nitrogen and oxygen atoms in total. The van der Waals surface area contributed by atoms with Crippen LogP contribution in [-0.4, -0.2) is 55.8 Å². The molecule has 0 saturated carbocycles. The summed E-state index contributed by atoms with van der Waals surface area (Å²) in [6.07, 6.45) is 0. The van der Waals surface area contributed by atoms with Gasteiger partial charge in [0.15, 0.2) is 5.13 Å². The fourth-order valence-electron chi connectivity index (χ4n) is 1.79. The first-order chi connectivity index (χ1) is 9.01. The number of hydrogen-bond acceptors (Lipinski definition) is 6. The number of amides is 1. The van der Waals surface area contributed by atoms with Gasteiger partial charge in [0.2, 0.25) is 0 Å². The minimum Gasteiger partial charge on any atom is -0.383 e. The Morgan fingerprint density at radius 3 is 2.63 bits per heavy atom. The fourth-order valence-corrected chi connectivity index (χ4v) is 2.58. The van der Waals surface area contributed by atoms with Gasteiger partial charge in [-0.1, -0.05) is 11.3 Å². The van der Waals surface area contributed by atoms with Gasteiger partial charge in [0.25, 0.3) is 5.91 Å². The average Bonchev–Trinajstić information content (AvgIpc) is 2.69. The molecule has 0 aromatic carbocycles. The molecule has 0 aliphatic rings. The normalized spacial score (nSPS) is 12.4. The summed E-state index contributed by atoms with van der Waals surface area (Å²) in [4.78, 5) is 18.9. The lowest BCUT2D eigenvalue weighted by Gasteiger charge is -2.28. The van der Waals surface area contributed by atoms with Crippen molar-refractivity contribution in [1.29, 1.82) is 0 Å². The number of ether oxygens (including phenoxy) is 2. The quantitative estimate of drug-likeness (QED) is 0.814. The lowest BCUT2D eigenvalue weighted by molar-refractivity contribution is 0.0483. The fraction of sp³-hybridized carbons (Fsp3) is 0.667. The van der Waals surface area contributed by atoms with Crippen LogP contribution in [0.15, 0.2) is 0 Å². The van der Waals surface area contributed by atoms with E-state index in [9.17, 15) is 4.79 Å². The van der Waals surface area contributed by atoms with E-state index in [4.69, 9.17) is 15.2 Å². The topological polar surface area (TPSA) is 77.7 Å². The van der Waals surface area contributed by atoms with Crippen LogP contribution in [0.3, 0.4) is 0 Å². The molecule has 1 unspecified atom stereocenters. The van der Waals surface area contributed by atoms with Gasteiger partial charge in [0.1, 0.15) is 4.88 Å². The van der Waals surface area contributed by atoms with Gasteiger partial charge >= 0.3 is 0 Å². The van der Waals surface area contributed by atoms with E-state index >= 15 is 0 Å². The van der Waals surface area contributed by atoms with E-state index in [1.54, 1.807) is 26.0 Å². The van der Waals surface area contributed by atoms with E-state index in [1.807, 2.05) is 6.92 Å². The first kappa shape index (κ1) is 15.9. The molecule has 1 atom stereocenters. The zero-order chi connectivity index (χ0) is 14.4. The number of thiazole rings is 1. The third-order valence-electron chi connectivity index (χ3n) is 2.74. The summed E-state index contributed by atoms with van der Waals surface area (Å²) in [5.74, 6) is -0.0756. The van der Waals surface area contributed by atoms with E-state index in [0.717, 1.165) is 0 Å². The van der Waals surface area contributed by atoms with Gasteiger partial charge < -0.3 is 20.1 Å². The largest absolute Gasteiger partial charge is 0.383 e. The summed E-state index contributed by atoms with van der Waals surface area (Å²) in [5.41, 5.74) is 6.31.